The van der Waals surface area contributed by atoms with Crippen LogP contribution in [0.15, 0.2) is 54.7 Å². The number of rotatable bonds is 10. The highest BCUT2D eigenvalue weighted by atomic mass is 32.1. The van der Waals surface area contributed by atoms with Gasteiger partial charge >= 0.3 is 5.97 Å². The minimum Gasteiger partial charge on any atom is -0.508 e. The first-order valence-corrected chi connectivity index (χ1v) is 20.0. The van der Waals surface area contributed by atoms with Gasteiger partial charge in [0.1, 0.15) is 11.6 Å². The maximum absolute atomic E-state index is 13.6. The summed E-state index contributed by atoms with van der Waals surface area (Å²) in [7, 11) is 0. The molecule has 2 aromatic carbocycles. The van der Waals surface area contributed by atoms with Gasteiger partial charge in [0.15, 0.2) is 10.8 Å². The van der Waals surface area contributed by atoms with E-state index >= 15 is 0 Å². The molecule has 4 bridgehead atoms. The molecule has 4 heterocycles. The summed E-state index contributed by atoms with van der Waals surface area (Å²) in [5.74, 6) is -0.844. The second-order valence-corrected chi connectivity index (χ2v) is 18.4. The van der Waals surface area contributed by atoms with Crippen molar-refractivity contribution in [1.82, 2.24) is 19.7 Å². The number of amides is 1. The average Bonchev–Trinajstić information content (AvgIpc) is 3.70. The zero-order chi connectivity index (χ0) is 38.3. The average molecular weight is 762 g/mol. The number of aromatic nitrogens is 4. The van der Waals surface area contributed by atoms with Crippen molar-refractivity contribution in [1.29, 1.82) is 0 Å². The lowest BCUT2D eigenvalue weighted by molar-refractivity contribution is -0.247. The van der Waals surface area contributed by atoms with E-state index in [9.17, 15) is 19.8 Å². The normalized spacial score (nSPS) is 26.7. The Morgan fingerprint density at radius 1 is 0.964 bits per heavy atom. The highest BCUT2D eigenvalue weighted by Gasteiger charge is 2.66. The van der Waals surface area contributed by atoms with Crippen LogP contribution in [0.2, 0.25) is 0 Å². The van der Waals surface area contributed by atoms with E-state index in [0.29, 0.717) is 59.3 Å². The lowest BCUT2D eigenvalue weighted by Gasteiger charge is -2.69. The summed E-state index contributed by atoms with van der Waals surface area (Å²) in [4.78, 5) is 37.7. The molecule has 4 fully saturated rings. The van der Waals surface area contributed by atoms with Crippen LogP contribution in [0.4, 0.5) is 10.9 Å². The number of phenols is 1. The molecular weight excluding hydrogens is 715 g/mol. The van der Waals surface area contributed by atoms with Crippen LogP contribution in [0, 0.1) is 23.2 Å². The maximum atomic E-state index is 13.6. The van der Waals surface area contributed by atoms with Gasteiger partial charge in [0.25, 0.3) is 5.91 Å². The van der Waals surface area contributed by atoms with Crippen molar-refractivity contribution in [2.24, 2.45) is 22.0 Å². The Bertz CT molecular complexity index is 2320. The second kappa shape index (κ2) is 12.9. The van der Waals surface area contributed by atoms with E-state index in [2.05, 4.69) is 28.8 Å². The molecule has 4 saturated carbocycles. The van der Waals surface area contributed by atoms with E-state index in [1.807, 2.05) is 48.2 Å². The summed E-state index contributed by atoms with van der Waals surface area (Å²) in [5, 5.41) is 29.6. The molecule has 2 unspecified atom stereocenters. The predicted molar refractivity (Wildman–Crippen MR) is 212 cm³/mol. The van der Waals surface area contributed by atoms with E-state index in [0.717, 1.165) is 60.1 Å². The summed E-state index contributed by atoms with van der Waals surface area (Å²) < 4.78 is 9.64. The quantitative estimate of drug-likeness (QED) is 0.114. The van der Waals surface area contributed by atoms with E-state index in [1.165, 1.54) is 17.8 Å². The number of carboxylic acids is 1. The summed E-state index contributed by atoms with van der Waals surface area (Å²) in [6.07, 6.45) is 8.82. The first-order chi connectivity index (χ1) is 26.3. The van der Waals surface area contributed by atoms with Crippen LogP contribution >= 0.6 is 11.3 Å². The van der Waals surface area contributed by atoms with Crippen molar-refractivity contribution in [3.8, 4) is 16.9 Å². The lowest BCUT2D eigenvalue weighted by Crippen LogP contribution is -2.64. The Kier molecular flexibility index (Phi) is 8.37. The molecule has 5 N–H and O–H groups in total. The van der Waals surface area contributed by atoms with Gasteiger partial charge in [0, 0.05) is 54.1 Å². The summed E-state index contributed by atoms with van der Waals surface area (Å²) in [6.45, 7) is 9.46. The number of hydrogen-bond donors (Lipinski definition) is 4. The van der Waals surface area contributed by atoms with Crippen LogP contribution < -0.4 is 16.0 Å². The first-order valence-electron chi connectivity index (χ1n) is 19.2. The van der Waals surface area contributed by atoms with Crippen molar-refractivity contribution in [2.75, 3.05) is 29.9 Å². The van der Waals surface area contributed by atoms with E-state index in [-0.39, 0.29) is 45.7 Å². The number of hydrogen-bond acceptors (Lipinski definition) is 10. The largest absolute Gasteiger partial charge is 0.508 e. The number of phenolic OH excluding ortho intramolecular Hbond substituents is 1. The molecule has 0 radical (unpaired) electrons. The third-order valence-electron chi connectivity index (χ3n) is 12.6. The van der Waals surface area contributed by atoms with Gasteiger partial charge in [-0.25, -0.2) is 14.8 Å². The molecule has 5 aliphatic rings. The van der Waals surface area contributed by atoms with E-state index < -0.39 is 5.97 Å². The molecular formula is C42H47N7O5S. The number of pyridine rings is 1. The van der Waals surface area contributed by atoms with Gasteiger partial charge in [-0.1, -0.05) is 37.3 Å². The van der Waals surface area contributed by atoms with Crippen molar-refractivity contribution in [2.45, 2.75) is 84.4 Å². The Morgan fingerprint density at radius 3 is 2.49 bits per heavy atom. The van der Waals surface area contributed by atoms with Gasteiger partial charge < -0.3 is 25.6 Å². The summed E-state index contributed by atoms with van der Waals surface area (Å²) >= 11 is 1.40. The molecule has 10 rings (SSSR count). The van der Waals surface area contributed by atoms with Crippen LogP contribution in [0.5, 0.6) is 5.75 Å². The molecule has 3 aromatic heterocycles. The Balaban J connectivity index is 0.980. The number of carbonyl (C=O) groups excluding carboxylic acids is 1. The number of nitrogens with two attached hydrogens (primary N) is 1. The van der Waals surface area contributed by atoms with Crippen molar-refractivity contribution in [3.05, 3.63) is 82.8 Å². The molecule has 13 heteroatoms. The number of ether oxygens (including phenoxy) is 1. The fraction of sp³-hybridized carbons (Fsp3) is 0.452. The fourth-order valence-corrected chi connectivity index (χ4v) is 12.6. The smallest absolute Gasteiger partial charge is 0.355 e. The topological polar surface area (TPSA) is 169 Å². The second-order valence-electron chi connectivity index (χ2n) is 17.4. The molecule has 1 amide bonds. The monoisotopic (exact) mass is 761 g/mol. The first kappa shape index (κ1) is 35.8. The predicted octanol–water partition coefficient (Wildman–Crippen LogP) is 7.18. The number of para-hydroxylation sites is 1. The van der Waals surface area contributed by atoms with Crippen LogP contribution in [0.1, 0.15) is 90.0 Å². The van der Waals surface area contributed by atoms with Crippen LogP contribution in [-0.2, 0) is 24.2 Å². The SMILES string of the molecule is Cc1c(-c2ccc(N3CCc4c(O)ccc(C(=O)Nc5nc6ccccc6s5)c4C3)nc2C(=O)O)cnn1CC12CC3(C)CC(C)(C1)CC(OCCN)(C3)C2. The number of anilines is 2. The number of benzene rings is 2. The zero-order valence-electron chi connectivity index (χ0n) is 31.5. The van der Waals surface area contributed by atoms with Gasteiger partial charge in [-0.15, -0.1) is 0 Å². The van der Waals surface area contributed by atoms with Crippen molar-refractivity contribution < 1.29 is 24.5 Å². The van der Waals surface area contributed by atoms with Gasteiger partial charge in [0.2, 0.25) is 0 Å². The zero-order valence-corrected chi connectivity index (χ0v) is 32.3. The highest BCUT2D eigenvalue weighted by Crippen LogP contribution is 2.72. The number of carboxylic acid groups (broad SMARTS) is 1. The maximum Gasteiger partial charge on any atom is 0.355 e. The highest BCUT2D eigenvalue weighted by molar-refractivity contribution is 7.22. The van der Waals surface area contributed by atoms with Crippen LogP contribution in [0.3, 0.4) is 0 Å². The minimum absolute atomic E-state index is 0.0295. The van der Waals surface area contributed by atoms with E-state index in [1.54, 1.807) is 18.3 Å². The Morgan fingerprint density at radius 2 is 1.75 bits per heavy atom. The number of aromatic carboxylic acids is 1. The third-order valence-corrected chi connectivity index (χ3v) is 13.6. The molecule has 12 nitrogen and oxygen atoms in total. The number of fused-ring (bicyclic) bond motifs is 2. The molecule has 1 aliphatic heterocycles. The van der Waals surface area contributed by atoms with E-state index in [4.69, 9.17) is 20.6 Å². The molecule has 4 aliphatic carbocycles. The Labute approximate surface area is 323 Å². The lowest BCUT2D eigenvalue weighted by atomic mass is 9.39. The summed E-state index contributed by atoms with van der Waals surface area (Å²) in [5.41, 5.74) is 10.9. The number of carbonyl (C=O) groups is 2. The minimum atomic E-state index is -1.13. The number of aromatic hydroxyl groups is 1. The van der Waals surface area contributed by atoms with Gasteiger partial charge in [0.05, 0.1) is 28.6 Å². The third kappa shape index (κ3) is 6.26. The standard InChI is InChI=1S/C42H47N7O5S/c1-25-29(16-44-49(25)24-41-19-39(2)18-40(3,20-41)22-42(21-39,23-41)54-15-13-43)27-9-11-34(46-35(27)37(52)53)48-14-12-26-30(17-48)28(8-10-32(26)50)36(51)47-38-45-31-6-4-5-7-33(31)55-38/h4-11,16,50H,12-15,17-24,43H2,1-3H3,(H,52,53)(H,45,47,51). The van der Waals surface area contributed by atoms with Gasteiger partial charge in [-0.05, 0) is 110 Å². The Hall–Kier alpha value is -4.85. The molecule has 2 atom stereocenters. The van der Waals surface area contributed by atoms with Crippen LogP contribution in [-0.4, -0.2) is 67.1 Å². The van der Waals surface area contributed by atoms with Gasteiger partial charge in [-0.2, -0.15) is 5.10 Å². The number of thiazole rings is 1. The number of nitrogens with zero attached hydrogens (tertiary/aromatic N) is 5. The molecule has 0 saturated heterocycles. The molecule has 0 spiro atoms. The molecule has 55 heavy (non-hydrogen) atoms. The van der Waals surface area contributed by atoms with Gasteiger partial charge in [-0.3, -0.25) is 14.8 Å². The van der Waals surface area contributed by atoms with Crippen molar-refractivity contribution >= 4 is 44.4 Å². The number of nitrogens with one attached hydrogen (secondary N) is 1. The summed E-state index contributed by atoms with van der Waals surface area (Å²) in [6, 6.07) is 14.5. The molecule has 5 aromatic rings. The van der Waals surface area contributed by atoms with Crippen LogP contribution in [0.25, 0.3) is 21.3 Å². The molecule has 286 valence electrons. The fourth-order valence-electron chi connectivity index (χ4n) is 11.8. The van der Waals surface area contributed by atoms with Crippen molar-refractivity contribution in [3.63, 3.8) is 0 Å².